The number of aromatic nitrogens is 6. The Morgan fingerprint density at radius 3 is 2.74 bits per heavy atom. The van der Waals surface area contributed by atoms with Gasteiger partial charge in [0.15, 0.2) is 11.5 Å². The number of hydrogen-bond donors (Lipinski definition) is 1. The topological polar surface area (TPSA) is 99.2 Å². The van der Waals surface area contributed by atoms with Crippen molar-refractivity contribution in [2.24, 2.45) is 0 Å². The summed E-state index contributed by atoms with van der Waals surface area (Å²) in [6.07, 6.45) is 1.84. The highest BCUT2D eigenvalue weighted by atomic mass is 16.5. The second kappa shape index (κ2) is 8.11. The van der Waals surface area contributed by atoms with Gasteiger partial charge in [0.05, 0.1) is 5.69 Å². The fourth-order valence-corrected chi connectivity index (χ4v) is 4.45. The third-order valence-corrected chi connectivity index (χ3v) is 6.00. The van der Waals surface area contributed by atoms with E-state index in [4.69, 9.17) is 9.84 Å². The van der Waals surface area contributed by atoms with Gasteiger partial charge in [-0.15, -0.1) is 15.3 Å². The zero-order valence-electron chi connectivity index (χ0n) is 18.4. The van der Waals surface area contributed by atoms with Crippen LogP contribution in [-0.2, 0) is 11.4 Å². The van der Waals surface area contributed by atoms with E-state index in [1.165, 1.54) is 6.33 Å². The molecule has 0 aliphatic carbocycles. The number of fused-ring (bicyclic) bond motifs is 2. The first-order valence-electron chi connectivity index (χ1n) is 11.0. The Morgan fingerprint density at radius 2 is 1.85 bits per heavy atom. The number of anilines is 1. The van der Waals surface area contributed by atoms with Gasteiger partial charge >= 0.3 is 0 Å². The molecule has 1 aliphatic heterocycles. The predicted octanol–water partition coefficient (Wildman–Crippen LogP) is 3.67. The highest BCUT2D eigenvalue weighted by Crippen LogP contribution is 2.43. The van der Waals surface area contributed by atoms with E-state index in [2.05, 4.69) is 20.6 Å². The molecule has 9 heteroatoms. The standard InChI is InChI=1S/C25H21N7O2/c1-16-24-19(18-9-5-6-10-20(18)34-14-17-7-3-2-4-8-17)13-23(33)27-25(24)32(29-16)22-12-11-21-28-26-15-31(21)30-22/h2-12,15,19H,13-14H2,1H3,(H,27,33)/t19-/m0/s1. The van der Waals surface area contributed by atoms with Crippen molar-refractivity contribution in [2.75, 3.05) is 5.32 Å². The maximum Gasteiger partial charge on any atom is 0.226 e. The van der Waals surface area contributed by atoms with Crippen molar-refractivity contribution in [1.29, 1.82) is 0 Å². The van der Waals surface area contributed by atoms with E-state index in [0.717, 1.165) is 28.1 Å². The lowest BCUT2D eigenvalue weighted by molar-refractivity contribution is -0.116. The normalized spacial score (nSPS) is 15.2. The van der Waals surface area contributed by atoms with Crippen LogP contribution in [0.15, 0.2) is 73.1 Å². The molecule has 168 valence electrons. The highest BCUT2D eigenvalue weighted by molar-refractivity contribution is 5.95. The lowest BCUT2D eigenvalue weighted by Crippen LogP contribution is -2.25. The zero-order valence-corrected chi connectivity index (χ0v) is 18.4. The van der Waals surface area contributed by atoms with Gasteiger partial charge in [-0.3, -0.25) is 4.79 Å². The Bertz CT molecular complexity index is 1510. The molecular formula is C25H21N7O2. The molecule has 0 bridgehead atoms. The molecule has 9 nitrogen and oxygen atoms in total. The Hall–Kier alpha value is -4.53. The number of carbonyl (C=O) groups is 1. The number of aryl methyl sites for hydroxylation is 1. The Kier molecular flexibility index (Phi) is 4.80. The van der Waals surface area contributed by atoms with Crippen molar-refractivity contribution in [3.63, 3.8) is 0 Å². The average molecular weight is 451 g/mol. The predicted molar refractivity (Wildman–Crippen MR) is 125 cm³/mol. The van der Waals surface area contributed by atoms with E-state index in [9.17, 15) is 4.79 Å². The van der Waals surface area contributed by atoms with E-state index in [1.54, 1.807) is 9.20 Å². The second-order valence-electron chi connectivity index (χ2n) is 8.20. The molecule has 0 saturated carbocycles. The van der Waals surface area contributed by atoms with Crippen LogP contribution in [0.25, 0.3) is 11.5 Å². The van der Waals surface area contributed by atoms with Gasteiger partial charge in [0.25, 0.3) is 0 Å². The first-order chi connectivity index (χ1) is 16.7. The molecule has 5 aromatic rings. The molecule has 0 saturated heterocycles. The number of hydrogen-bond acceptors (Lipinski definition) is 6. The summed E-state index contributed by atoms with van der Waals surface area (Å²) in [6, 6.07) is 21.5. The van der Waals surface area contributed by atoms with Gasteiger partial charge in [-0.1, -0.05) is 48.5 Å². The molecule has 0 spiro atoms. The fraction of sp³-hybridized carbons (Fsp3) is 0.160. The van der Waals surface area contributed by atoms with Gasteiger partial charge in [0.2, 0.25) is 5.91 Å². The van der Waals surface area contributed by atoms with Crippen LogP contribution >= 0.6 is 0 Å². The number of nitrogens with one attached hydrogen (secondary N) is 1. The monoisotopic (exact) mass is 451 g/mol. The van der Waals surface area contributed by atoms with Crippen LogP contribution in [0.3, 0.4) is 0 Å². The lowest BCUT2D eigenvalue weighted by Gasteiger charge is -2.26. The van der Waals surface area contributed by atoms with Gasteiger partial charge in [-0.25, -0.2) is 0 Å². The summed E-state index contributed by atoms with van der Waals surface area (Å²) in [6.45, 7) is 2.40. The quantitative estimate of drug-likeness (QED) is 0.438. The Labute approximate surface area is 195 Å². The SMILES string of the molecule is Cc1nn(-c2ccc3nncn3n2)c2c1[C@H](c1ccccc1OCc1ccccc1)CC(=O)N2. The van der Waals surface area contributed by atoms with Crippen LogP contribution < -0.4 is 10.1 Å². The fourth-order valence-electron chi connectivity index (χ4n) is 4.45. The molecule has 6 rings (SSSR count). The molecule has 1 aliphatic rings. The molecule has 4 heterocycles. The van der Waals surface area contributed by atoms with Crippen LogP contribution in [0.1, 0.15) is 34.7 Å². The molecule has 0 unspecified atom stereocenters. The number of ether oxygens (including phenoxy) is 1. The minimum absolute atomic E-state index is 0.0816. The van der Waals surface area contributed by atoms with E-state index in [1.807, 2.05) is 73.7 Å². The highest BCUT2D eigenvalue weighted by Gasteiger charge is 2.34. The number of para-hydroxylation sites is 1. The summed E-state index contributed by atoms with van der Waals surface area (Å²) in [7, 11) is 0. The summed E-state index contributed by atoms with van der Waals surface area (Å²) in [5.41, 5.74) is 4.45. The molecule has 34 heavy (non-hydrogen) atoms. The number of benzene rings is 2. The van der Waals surface area contributed by atoms with Crippen LogP contribution in [0.2, 0.25) is 0 Å². The number of amides is 1. The molecule has 3 aromatic heterocycles. The minimum atomic E-state index is -0.192. The van der Waals surface area contributed by atoms with E-state index in [-0.39, 0.29) is 11.8 Å². The van der Waals surface area contributed by atoms with Gasteiger partial charge in [0, 0.05) is 23.5 Å². The summed E-state index contributed by atoms with van der Waals surface area (Å²) >= 11 is 0. The Morgan fingerprint density at radius 1 is 1.03 bits per heavy atom. The van der Waals surface area contributed by atoms with Gasteiger partial charge in [0.1, 0.15) is 24.5 Å². The largest absolute Gasteiger partial charge is 0.489 e. The first-order valence-corrected chi connectivity index (χ1v) is 11.0. The minimum Gasteiger partial charge on any atom is -0.489 e. The maximum atomic E-state index is 12.8. The number of carbonyl (C=O) groups excluding carboxylic acids is 1. The second-order valence-corrected chi connectivity index (χ2v) is 8.20. The van der Waals surface area contributed by atoms with Crippen LogP contribution in [0, 0.1) is 6.92 Å². The van der Waals surface area contributed by atoms with Crippen molar-refractivity contribution < 1.29 is 9.53 Å². The van der Waals surface area contributed by atoms with Crippen molar-refractivity contribution in [3.8, 4) is 11.6 Å². The average Bonchev–Trinajstić information content (AvgIpc) is 3.47. The van der Waals surface area contributed by atoms with Crippen molar-refractivity contribution in [2.45, 2.75) is 25.9 Å². The summed E-state index contributed by atoms with van der Waals surface area (Å²) in [5, 5.41) is 20.2. The summed E-state index contributed by atoms with van der Waals surface area (Å²) in [4.78, 5) is 12.8. The van der Waals surface area contributed by atoms with Crippen LogP contribution in [0.4, 0.5) is 5.82 Å². The smallest absolute Gasteiger partial charge is 0.226 e. The van der Waals surface area contributed by atoms with Gasteiger partial charge < -0.3 is 10.1 Å². The molecule has 2 aromatic carbocycles. The molecule has 1 N–H and O–H groups in total. The molecule has 1 amide bonds. The van der Waals surface area contributed by atoms with Crippen LogP contribution in [0.5, 0.6) is 5.75 Å². The molecular weight excluding hydrogens is 430 g/mol. The first kappa shape index (κ1) is 20.1. The molecule has 0 radical (unpaired) electrons. The number of rotatable bonds is 5. The van der Waals surface area contributed by atoms with Crippen LogP contribution in [-0.4, -0.2) is 35.5 Å². The van der Waals surface area contributed by atoms with Crippen molar-refractivity contribution in [1.82, 2.24) is 29.6 Å². The van der Waals surface area contributed by atoms with Gasteiger partial charge in [-0.2, -0.15) is 14.3 Å². The number of nitrogens with zero attached hydrogens (tertiary/aromatic N) is 6. The van der Waals surface area contributed by atoms with Gasteiger partial charge in [-0.05, 0) is 30.7 Å². The van der Waals surface area contributed by atoms with E-state index >= 15 is 0 Å². The van der Waals surface area contributed by atoms with Crippen molar-refractivity contribution >= 4 is 17.4 Å². The summed E-state index contributed by atoms with van der Waals surface area (Å²) in [5.74, 6) is 1.67. The van der Waals surface area contributed by atoms with E-state index in [0.29, 0.717) is 30.3 Å². The van der Waals surface area contributed by atoms with Crippen molar-refractivity contribution in [3.05, 3.63) is 95.4 Å². The summed E-state index contributed by atoms with van der Waals surface area (Å²) < 4.78 is 9.45. The lowest BCUT2D eigenvalue weighted by atomic mass is 9.85. The third kappa shape index (κ3) is 3.47. The molecule has 0 fully saturated rings. The third-order valence-electron chi connectivity index (χ3n) is 6.00. The Balaban J connectivity index is 1.41. The van der Waals surface area contributed by atoms with E-state index < -0.39 is 0 Å². The molecule has 1 atom stereocenters. The zero-order chi connectivity index (χ0) is 23.1. The maximum absolute atomic E-state index is 12.8.